The number of hydrogen-bond donors (Lipinski definition) is 1. The van der Waals surface area contributed by atoms with Crippen molar-refractivity contribution in [2.75, 3.05) is 19.0 Å². The Morgan fingerprint density at radius 3 is 2.24 bits per heavy atom. The number of rotatable bonds is 5. The molecule has 1 unspecified atom stereocenters. The fourth-order valence-corrected chi connectivity index (χ4v) is 4.65. The third-order valence-electron chi connectivity index (χ3n) is 6.27. The van der Waals surface area contributed by atoms with Gasteiger partial charge in [0.05, 0.1) is 12.5 Å². The normalized spacial score (nSPS) is 20.7. The number of anilines is 1. The van der Waals surface area contributed by atoms with E-state index in [4.69, 9.17) is 0 Å². The monoisotopic (exact) mass is 391 g/mol. The molecular weight excluding hydrogens is 362 g/mol. The Morgan fingerprint density at radius 2 is 1.66 bits per heavy atom. The number of β-lactam (4-membered cyclic amide) rings is 1. The lowest BCUT2D eigenvalue weighted by Gasteiger charge is -2.55. The van der Waals surface area contributed by atoms with E-state index < -0.39 is 5.66 Å². The van der Waals surface area contributed by atoms with E-state index in [-0.39, 0.29) is 17.9 Å². The first kappa shape index (κ1) is 19.5. The summed E-state index contributed by atoms with van der Waals surface area (Å²) in [4.78, 5) is 29.8. The van der Waals surface area contributed by atoms with E-state index >= 15 is 0 Å². The minimum absolute atomic E-state index is 0.0400. The van der Waals surface area contributed by atoms with Crippen molar-refractivity contribution in [3.63, 3.8) is 0 Å². The van der Waals surface area contributed by atoms with Gasteiger partial charge in [-0.05, 0) is 55.5 Å². The summed E-state index contributed by atoms with van der Waals surface area (Å²) in [5, 5.41) is 3.28. The average Bonchev–Trinajstić information content (AvgIpc) is 2.73. The van der Waals surface area contributed by atoms with Crippen molar-refractivity contribution in [1.82, 2.24) is 10.2 Å². The lowest BCUT2D eigenvalue weighted by Crippen LogP contribution is -2.68. The largest absolute Gasteiger partial charge is 0.378 e. The molecule has 1 saturated carbocycles. The number of carbonyl (C=O) groups is 2. The molecule has 1 heterocycles. The standard InChI is InChI=1S/C24H29N3O2/c1-26(2)20-13-11-19(12-14-20)23(29)25-24(15-7-4-8-16-24)27-21(17-22(27)28)18-9-5-3-6-10-18/h3,5-6,9-14,21H,4,7-8,15-17H2,1-2H3,(H,25,29). The first-order valence-corrected chi connectivity index (χ1v) is 10.5. The molecule has 1 saturated heterocycles. The van der Waals surface area contributed by atoms with Crippen molar-refractivity contribution in [2.24, 2.45) is 0 Å². The van der Waals surface area contributed by atoms with Crippen molar-refractivity contribution in [3.05, 3.63) is 65.7 Å². The molecule has 1 N–H and O–H groups in total. The maximum atomic E-state index is 13.1. The highest BCUT2D eigenvalue weighted by Gasteiger charge is 2.51. The Hall–Kier alpha value is -2.82. The predicted molar refractivity (Wildman–Crippen MR) is 115 cm³/mol. The molecule has 0 radical (unpaired) electrons. The topological polar surface area (TPSA) is 52.7 Å². The molecular formula is C24H29N3O2. The van der Waals surface area contributed by atoms with E-state index in [1.807, 2.05) is 66.4 Å². The number of amides is 2. The van der Waals surface area contributed by atoms with Crippen LogP contribution in [0.1, 0.15) is 60.5 Å². The van der Waals surface area contributed by atoms with Gasteiger partial charge in [0, 0.05) is 25.3 Å². The molecule has 5 nitrogen and oxygen atoms in total. The summed E-state index contributed by atoms with van der Waals surface area (Å²) >= 11 is 0. The van der Waals surface area contributed by atoms with Gasteiger partial charge in [-0.2, -0.15) is 0 Å². The van der Waals surface area contributed by atoms with E-state index in [0.717, 1.165) is 43.4 Å². The number of hydrogen-bond acceptors (Lipinski definition) is 3. The second kappa shape index (κ2) is 7.90. The lowest BCUT2D eigenvalue weighted by molar-refractivity contribution is -0.162. The van der Waals surface area contributed by atoms with Gasteiger partial charge in [0.15, 0.2) is 0 Å². The first-order valence-electron chi connectivity index (χ1n) is 10.5. The summed E-state index contributed by atoms with van der Waals surface area (Å²) in [7, 11) is 3.95. The highest BCUT2D eigenvalue weighted by Crippen LogP contribution is 2.45. The van der Waals surface area contributed by atoms with Crippen LogP contribution in [0.25, 0.3) is 0 Å². The van der Waals surface area contributed by atoms with E-state index in [0.29, 0.717) is 12.0 Å². The first-order chi connectivity index (χ1) is 14.0. The molecule has 1 atom stereocenters. The van der Waals surface area contributed by atoms with E-state index in [1.54, 1.807) is 0 Å². The van der Waals surface area contributed by atoms with Crippen LogP contribution in [-0.4, -0.2) is 36.5 Å². The van der Waals surface area contributed by atoms with Crippen LogP contribution in [0.3, 0.4) is 0 Å². The second-order valence-electron chi connectivity index (χ2n) is 8.38. The van der Waals surface area contributed by atoms with Crippen LogP contribution in [0.2, 0.25) is 0 Å². The van der Waals surface area contributed by atoms with Crippen LogP contribution >= 0.6 is 0 Å². The summed E-state index contributed by atoms with van der Waals surface area (Å²) in [6.07, 6.45) is 5.32. The van der Waals surface area contributed by atoms with Crippen molar-refractivity contribution in [1.29, 1.82) is 0 Å². The van der Waals surface area contributed by atoms with Gasteiger partial charge in [0.25, 0.3) is 5.91 Å². The van der Waals surface area contributed by atoms with Gasteiger partial charge in [0.1, 0.15) is 5.66 Å². The quantitative estimate of drug-likeness (QED) is 0.780. The average molecular weight is 392 g/mol. The minimum Gasteiger partial charge on any atom is -0.378 e. The van der Waals surface area contributed by atoms with Gasteiger partial charge >= 0.3 is 0 Å². The zero-order valence-electron chi connectivity index (χ0n) is 17.2. The van der Waals surface area contributed by atoms with Gasteiger partial charge in [-0.25, -0.2) is 0 Å². The van der Waals surface area contributed by atoms with Crippen LogP contribution in [0.15, 0.2) is 54.6 Å². The zero-order chi connectivity index (χ0) is 20.4. The molecule has 0 bridgehead atoms. The van der Waals surface area contributed by atoms with Gasteiger partial charge in [-0.1, -0.05) is 36.8 Å². The van der Waals surface area contributed by atoms with Crippen LogP contribution in [0.5, 0.6) is 0 Å². The molecule has 2 aromatic carbocycles. The number of carbonyl (C=O) groups excluding carboxylic acids is 2. The van der Waals surface area contributed by atoms with Crippen molar-refractivity contribution in [2.45, 2.75) is 50.2 Å². The summed E-state index contributed by atoms with van der Waals surface area (Å²) in [6.45, 7) is 0. The number of nitrogens with one attached hydrogen (secondary N) is 1. The van der Waals surface area contributed by atoms with Gasteiger partial charge in [-0.15, -0.1) is 0 Å². The molecule has 1 aliphatic heterocycles. The maximum absolute atomic E-state index is 13.1. The van der Waals surface area contributed by atoms with Crippen molar-refractivity contribution in [3.8, 4) is 0 Å². The number of benzene rings is 2. The molecule has 2 aliphatic rings. The summed E-state index contributed by atoms with van der Waals surface area (Å²) in [6, 6.07) is 17.8. The fraction of sp³-hybridized carbons (Fsp3) is 0.417. The van der Waals surface area contributed by atoms with Crippen molar-refractivity contribution >= 4 is 17.5 Å². The molecule has 2 amide bonds. The third-order valence-corrected chi connectivity index (χ3v) is 6.27. The van der Waals surface area contributed by atoms with E-state index in [9.17, 15) is 9.59 Å². The predicted octanol–water partition coefficient (Wildman–Crippen LogP) is 4.12. The molecule has 0 spiro atoms. The molecule has 1 aliphatic carbocycles. The van der Waals surface area contributed by atoms with Crippen LogP contribution in [0, 0.1) is 0 Å². The Labute approximate surface area is 172 Å². The second-order valence-corrected chi connectivity index (χ2v) is 8.38. The molecule has 2 aromatic rings. The van der Waals surface area contributed by atoms with Crippen LogP contribution in [-0.2, 0) is 4.79 Å². The Bertz CT molecular complexity index is 871. The number of nitrogens with zero attached hydrogens (tertiary/aromatic N) is 2. The summed E-state index contributed by atoms with van der Waals surface area (Å²) in [5.74, 6) is 0.0210. The molecule has 29 heavy (non-hydrogen) atoms. The summed E-state index contributed by atoms with van der Waals surface area (Å²) in [5.41, 5.74) is 2.23. The Kier molecular flexibility index (Phi) is 5.31. The van der Waals surface area contributed by atoms with Gasteiger partial charge in [-0.3, -0.25) is 9.59 Å². The molecule has 152 valence electrons. The Morgan fingerprint density at radius 1 is 1.00 bits per heavy atom. The van der Waals surface area contributed by atoms with Crippen LogP contribution in [0.4, 0.5) is 5.69 Å². The summed E-state index contributed by atoms with van der Waals surface area (Å²) < 4.78 is 0. The molecule has 2 fully saturated rings. The highest BCUT2D eigenvalue weighted by atomic mass is 16.2. The van der Waals surface area contributed by atoms with E-state index in [1.165, 1.54) is 0 Å². The minimum atomic E-state index is -0.592. The lowest BCUT2D eigenvalue weighted by atomic mass is 9.81. The maximum Gasteiger partial charge on any atom is 0.253 e. The zero-order valence-corrected chi connectivity index (χ0v) is 17.2. The third kappa shape index (κ3) is 3.74. The van der Waals surface area contributed by atoms with Crippen LogP contribution < -0.4 is 10.2 Å². The van der Waals surface area contributed by atoms with Crippen molar-refractivity contribution < 1.29 is 9.59 Å². The Balaban J connectivity index is 1.59. The fourth-order valence-electron chi connectivity index (χ4n) is 4.65. The SMILES string of the molecule is CN(C)c1ccc(C(=O)NC2(N3C(=O)CC3c3ccccc3)CCCCC2)cc1. The molecule has 4 rings (SSSR count). The molecule has 5 heteroatoms. The van der Waals surface area contributed by atoms with Gasteiger partial charge in [0.2, 0.25) is 5.91 Å². The van der Waals surface area contributed by atoms with Gasteiger partial charge < -0.3 is 15.1 Å². The molecule has 0 aromatic heterocycles. The highest BCUT2D eigenvalue weighted by molar-refractivity contribution is 5.95. The number of likely N-dealkylation sites (tertiary alicyclic amines) is 1. The smallest absolute Gasteiger partial charge is 0.253 e. The van der Waals surface area contributed by atoms with E-state index in [2.05, 4.69) is 17.4 Å².